The minimum atomic E-state index is -0.327. The average molecular weight is 356 g/mol. The van der Waals surface area contributed by atoms with Crippen molar-refractivity contribution in [3.05, 3.63) is 95.9 Å². The summed E-state index contributed by atoms with van der Waals surface area (Å²) < 4.78 is 15.2. The van der Waals surface area contributed by atoms with Gasteiger partial charge in [0.1, 0.15) is 23.0 Å². The summed E-state index contributed by atoms with van der Waals surface area (Å²) in [7, 11) is 0. The van der Waals surface area contributed by atoms with E-state index in [2.05, 4.69) is 0 Å². The van der Waals surface area contributed by atoms with Gasteiger partial charge in [0.05, 0.1) is 0 Å². The number of carbonyl (C=O) groups is 1. The number of carbonyl (C=O) groups excluding carboxylic acids is 1. The smallest absolute Gasteiger partial charge is 0.169 e. The van der Waals surface area contributed by atoms with E-state index in [1.54, 1.807) is 16.7 Å². The van der Waals surface area contributed by atoms with Gasteiger partial charge in [-0.2, -0.15) is 0 Å². The lowest BCUT2D eigenvalue weighted by Crippen LogP contribution is -2.02. The van der Waals surface area contributed by atoms with Crippen molar-refractivity contribution < 1.29 is 9.18 Å². The topological polar surface area (TPSA) is 34.9 Å². The molecule has 0 aliphatic carbocycles. The summed E-state index contributed by atoms with van der Waals surface area (Å²) in [6.07, 6.45) is 0.804. The third kappa shape index (κ3) is 3.17. The molecule has 0 atom stereocenters. The Morgan fingerprint density at radius 2 is 1.59 bits per heavy atom. The van der Waals surface area contributed by atoms with Crippen LogP contribution in [0.3, 0.4) is 0 Å². The third-order valence-electron chi connectivity index (χ3n) is 4.43. The lowest BCUT2D eigenvalue weighted by molar-refractivity contribution is 0.111. The molecule has 3 nitrogen and oxygen atoms in total. The van der Waals surface area contributed by atoms with Gasteiger partial charge in [0, 0.05) is 16.8 Å². The largest absolute Gasteiger partial charge is 0.296 e. The highest BCUT2D eigenvalue weighted by molar-refractivity contribution is 5.87. The molecule has 3 aromatic carbocycles. The number of aromatic nitrogens is 2. The highest BCUT2D eigenvalue weighted by Crippen LogP contribution is 2.31. The molecule has 1 aromatic heterocycles. The van der Waals surface area contributed by atoms with E-state index >= 15 is 0 Å². The summed E-state index contributed by atoms with van der Waals surface area (Å²) in [6.45, 7) is 2.01. The molecule has 0 aliphatic rings. The van der Waals surface area contributed by atoms with Crippen LogP contribution in [-0.4, -0.2) is 15.8 Å². The third-order valence-corrected chi connectivity index (χ3v) is 4.43. The van der Waals surface area contributed by atoms with Crippen LogP contribution in [0.5, 0.6) is 0 Å². The molecule has 132 valence electrons. The SMILES string of the molecule is Cc1cccc(-c2nc(-c3ccccc3)c(C=O)n2-c2ccc(F)cc2)c1. The molecule has 4 heteroatoms. The van der Waals surface area contributed by atoms with Crippen LogP contribution in [0.4, 0.5) is 4.39 Å². The Labute approximate surface area is 156 Å². The molecule has 0 amide bonds. The first-order valence-electron chi connectivity index (χ1n) is 8.63. The molecule has 0 saturated heterocycles. The van der Waals surface area contributed by atoms with Gasteiger partial charge in [0.2, 0.25) is 0 Å². The highest BCUT2D eigenvalue weighted by atomic mass is 19.1. The lowest BCUT2D eigenvalue weighted by Gasteiger charge is -2.10. The number of halogens is 1. The van der Waals surface area contributed by atoms with Gasteiger partial charge in [0.25, 0.3) is 0 Å². The van der Waals surface area contributed by atoms with Crippen LogP contribution < -0.4 is 0 Å². The van der Waals surface area contributed by atoms with E-state index in [0.717, 1.165) is 23.0 Å². The number of aryl methyl sites for hydroxylation is 1. The second-order valence-corrected chi connectivity index (χ2v) is 6.33. The quantitative estimate of drug-likeness (QED) is 0.455. The van der Waals surface area contributed by atoms with Crippen LogP contribution in [0, 0.1) is 12.7 Å². The number of imidazole rings is 1. The normalized spacial score (nSPS) is 10.7. The Balaban J connectivity index is 2.03. The summed E-state index contributed by atoms with van der Waals surface area (Å²) in [4.78, 5) is 16.8. The monoisotopic (exact) mass is 356 g/mol. The van der Waals surface area contributed by atoms with Crippen LogP contribution in [-0.2, 0) is 0 Å². The molecule has 0 radical (unpaired) electrons. The second-order valence-electron chi connectivity index (χ2n) is 6.33. The average Bonchev–Trinajstić information content (AvgIpc) is 3.09. The van der Waals surface area contributed by atoms with E-state index in [-0.39, 0.29) is 5.82 Å². The lowest BCUT2D eigenvalue weighted by atomic mass is 10.1. The molecule has 0 bridgehead atoms. The van der Waals surface area contributed by atoms with Gasteiger partial charge in [-0.1, -0.05) is 54.1 Å². The molecule has 4 aromatic rings. The fourth-order valence-electron chi connectivity index (χ4n) is 3.18. The maximum Gasteiger partial charge on any atom is 0.169 e. The minimum Gasteiger partial charge on any atom is -0.296 e. The van der Waals surface area contributed by atoms with E-state index < -0.39 is 0 Å². The van der Waals surface area contributed by atoms with Crippen LogP contribution in [0.15, 0.2) is 78.9 Å². The maximum atomic E-state index is 13.4. The standard InChI is InChI=1S/C23H17FN2O/c1-16-6-5-9-18(14-16)23-25-22(17-7-3-2-4-8-17)21(15-27)26(23)20-12-10-19(24)11-13-20/h2-15H,1H3. The zero-order valence-corrected chi connectivity index (χ0v) is 14.8. The fraction of sp³-hybridized carbons (Fsp3) is 0.0435. The molecule has 0 saturated carbocycles. The number of hydrogen-bond donors (Lipinski definition) is 0. The first kappa shape index (κ1) is 16.9. The van der Waals surface area contributed by atoms with Crippen LogP contribution in [0.25, 0.3) is 28.3 Å². The molecule has 27 heavy (non-hydrogen) atoms. The summed E-state index contributed by atoms with van der Waals surface area (Å²) in [5.41, 5.74) is 4.56. The van der Waals surface area contributed by atoms with Crippen LogP contribution >= 0.6 is 0 Å². The molecule has 0 aliphatic heterocycles. The minimum absolute atomic E-state index is 0.327. The van der Waals surface area contributed by atoms with Gasteiger partial charge in [-0.3, -0.25) is 9.36 Å². The first-order chi connectivity index (χ1) is 13.2. The Bertz CT molecular complexity index is 1100. The molecule has 0 spiro atoms. The van der Waals surface area contributed by atoms with Gasteiger partial charge < -0.3 is 0 Å². The Morgan fingerprint density at radius 1 is 0.889 bits per heavy atom. The number of nitrogens with zero attached hydrogens (tertiary/aromatic N) is 2. The van der Waals surface area contributed by atoms with Crippen LogP contribution in [0.1, 0.15) is 16.1 Å². The Kier molecular flexibility index (Phi) is 4.38. The van der Waals surface area contributed by atoms with E-state index in [1.165, 1.54) is 12.1 Å². The number of benzene rings is 3. The Morgan fingerprint density at radius 3 is 2.26 bits per heavy atom. The number of hydrogen-bond acceptors (Lipinski definition) is 2. The zero-order valence-electron chi connectivity index (χ0n) is 14.8. The summed E-state index contributed by atoms with van der Waals surface area (Å²) in [5, 5.41) is 0. The van der Waals surface area contributed by atoms with Gasteiger partial charge >= 0.3 is 0 Å². The van der Waals surface area contributed by atoms with Crippen molar-refractivity contribution in [3.63, 3.8) is 0 Å². The van der Waals surface area contributed by atoms with Gasteiger partial charge in [0.15, 0.2) is 6.29 Å². The second kappa shape index (κ2) is 7.00. The molecule has 0 N–H and O–H groups in total. The van der Waals surface area contributed by atoms with E-state index in [4.69, 9.17) is 4.98 Å². The van der Waals surface area contributed by atoms with Gasteiger partial charge in [-0.05, 0) is 37.3 Å². The van der Waals surface area contributed by atoms with E-state index in [9.17, 15) is 9.18 Å². The predicted molar refractivity (Wildman–Crippen MR) is 105 cm³/mol. The zero-order chi connectivity index (χ0) is 18.8. The van der Waals surface area contributed by atoms with Crippen molar-refractivity contribution in [1.82, 2.24) is 9.55 Å². The number of aldehydes is 1. The summed E-state index contributed by atoms with van der Waals surface area (Å²) in [5.74, 6) is 0.318. The molecule has 4 rings (SSSR count). The number of rotatable bonds is 4. The predicted octanol–water partition coefficient (Wildman–Crippen LogP) is 5.47. The van der Waals surface area contributed by atoms with Crippen molar-refractivity contribution in [2.24, 2.45) is 0 Å². The highest BCUT2D eigenvalue weighted by Gasteiger charge is 2.20. The van der Waals surface area contributed by atoms with Crippen LogP contribution in [0.2, 0.25) is 0 Å². The van der Waals surface area contributed by atoms with Crippen molar-refractivity contribution in [1.29, 1.82) is 0 Å². The van der Waals surface area contributed by atoms with Crippen molar-refractivity contribution >= 4 is 6.29 Å². The maximum absolute atomic E-state index is 13.4. The summed E-state index contributed by atoms with van der Waals surface area (Å²) >= 11 is 0. The molecule has 0 unspecified atom stereocenters. The Hall–Kier alpha value is -3.53. The van der Waals surface area contributed by atoms with E-state index in [0.29, 0.717) is 22.9 Å². The molecular weight excluding hydrogens is 339 g/mol. The van der Waals surface area contributed by atoms with Crippen molar-refractivity contribution in [2.75, 3.05) is 0 Å². The molecule has 1 heterocycles. The van der Waals surface area contributed by atoms with Crippen molar-refractivity contribution in [2.45, 2.75) is 6.92 Å². The van der Waals surface area contributed by atoms with Crippen molar-refractivity contribution in [3.8, 4) is 28.3 Å². The first-order valence-corrected chi connectivity index (χ1v) is 8.63. The molecule has 0 fully saturated rings. The van der Waals surface area contributed by atoms with E-state index in [1.807, 2.05) is 61.5 Å². The fourth-order valence-corrected chi connectivity index (χ4v) is 3.18. The molecular formula is C23H17FN2O. The summed E-state index contributed by atoms with van der Waals surface area (Å²) in [6, 6.07) is 23.6. The van der Waals surface area contributed by atoms with Gasteiger partial charge in [-0.15, -0.1) is 0 Å². The van der Waals surface area contributed by atoms with Gasteiger partial charge in [-0.25, -0.2) is 9.37 Å².